The molecule has 0 bridgehead atoms. The van der Waals surface area contributed by atoms with Gasteiger partial charge in [-0.15, -0.1) is 0 Å². The third kappa shape index (κ3) is 2.09. The van der Waals surface area contributed by atoms with Crippen molar-refractivity contribution in [1.29, 1.82) is 0 Å². The summed E-state index contributed by atoms with van der Waals surface area (Å²) < 4.78 is 11.7. The molecular formula is C26H32SiZr. The van der Waals surface area contributed by atoms with Gasteiger partial charge >= 0.3 is 166 Å². The third-order valence-electron chi connectivity index (χ3n) is 8.77. The van der Waals surface area contributed by atoms with Crippen molar-refractivity contribution >= 4 is 13.4 Å². The van der Waals surface area contributed by atoms with E-state index in [-0.39, 0.29) is 0 Å². The molecule has 0 nitrogen and oxygen atoms in total. The summed E-state index contributed by atoms with van der Waals surface area (Å²) in [5.74, 6) is 0. The Morgan fingerprint density at radius 2 is 1.00 bits per heavy atom. The standard InChI is InChI=1S/2C6H7.2C6H5.2CH3.H2Si.Zr/c2*1-6-4-2-3-5-6;2*1-2-4-6-5-3-1;;;;/h2*4-5H,2H2,1H3;2*1-5H;2*1H3;1H2;. The Morgan fingerprint density at radius 3 is 1.29 bits per heavy atom. The molecule has 0 aromatic heterocycles. The van der Waals surface area contributed by atoms with E-state index in [2.05, 4.69) is 115 Å². The van der Waals surface area contributed by atoms with E-state index in [0.29, 0.717) is 0 Å². The van der Waals surface area contributed by atoms with E-state index in [1.807, 2.05) is 0 Å². The zero-order chi connectivity index (χ0) is 20.2. The number of allylic oxidation sites excluding steroid dienone is 8. The summed E-state index contributed by atoms with van der Waals surface area (Å²) in [6.07, 6.45) is 12.0. The first kappa shape index (κ1) is 19.8. The molecule has 2 aromatic rings. The van der Waals surface area contributed by atoms with Gasteiger partial charge in [0.15, 0.2) is 0 Å². The van der Waals surface area contributed by atoms with Crippen molar-refractivity contribution in [3.8, 4) is 0 Å². The minimum absolute atomic E-state index is 1.05. The average molecular weight is 464 g/mol. The fourth-order valence-electron chi connectivity index (χ4n) is 6.19. The van der Waals surface area contributed by atoms with Gasteiger partial charge in [-0.2, -0.15) is 0 Å². The van der Waals surface area contributed by atoms with Crippen LogP contribution in [0.5, 0.6) is 0 Å². The van der Waals surface area contributed by atoms with Crippen LogP contribution >= 0.6 is 0 Å². The number of rotatable bonds is 4. The molecule has 2 aliphatic carbocycles. The van der Waals surface area contributed by atoms with Crippen molar-refractivity contribution in [3.05, 3.63) is 103 Å². The Hall–Kier alpha value is -1.50. The normalized spacial score (nSPS) is 20.8. The molecule has 4 rings (SSSR count). The fourth-order valence-corrected chi connectivity index (χ4v) is 34.0. The summed E-state index contributed by atoms with van der Waals surface area (Å²) >= 11 is -5.08. The van der Waals surface area contributed by atoms with Gasteiger partial charge in [-0.1, -0.05) is 0 Å². The Kier molecular flexibility index (Phi) is 3.78. The SMILES string of the molecule is CC1=CC[C]([Zr]([CH3])([CH3])(=[SiH2])([C]2=CC(C)=CC2)([c]2ccccc2)[c]2ccccc2)=C1. The van der Waals surface area contributed by atoms with E-state index in [1.54, 1.807) is 6.56 Å². The molecule has 0 N–H and O–H groups in total. The topological polar surface area (TPSA) is 0 Å². The maximum absolute atomic E-state index is 5.08. The molecule has 0 fully saturated rings. The zero-order valence-electron chi connectivity index (χ0n) is 17.7. The molecule has 0 atom stereocenters. The van der Waals surface area contributed by atoms with Crippen molar-refractivity contribution in [2.45, 2.75) is 36.0 Å². The van der Waals surface area contributed by atoms with E-state index in [1.165, 1.54) is 17.7 Å². The summed E-state index contributed by atoms with van der Waals surface area (Å²) in [6.45, 7) is 6.87. The van der Waals surface area contributed by atoms with Crippen molar-refractivity contribution in [1.82, 2.24) is 0 Å². The predicted molar refractivity (Wildman–Crippen MR) is 125 cm³/mol. The van der Waals surface area contributed by atoms with Crippen LogP contribution < -0.4 is 6.54 Å². The van der Waals surface area contributed by atoms with Crippen LogP contribution in [0.4, 0.5) is 0 Å². The van der Waals surface area contributed by atoms with Crippen molar-refractivity contribution < 1.29 is 14.4 Å². The van der Waals surface area contributed by atoms with Gasteiger partial charge in [-0.25, -0.2) is 0 Å². The Labute approximate surface area is 165 Å². The van der Waals surface area contributed by atoms with Gasteiger partial charge in [0.25, 0.3) is 0 Å². The minimum atomic E-state index is -5.08. The van der Waals surface area contributed by atoms with Crippen LogP contribution in [-0.4, -0.2) is 6.88 Å². The first-order valence-corrected chi connectivity index (χ1v) is 26.2. The van der Waals surface area contributed by atoms with Crippen LogP contribution in [0.25, 0.3) is 0 Å². The van der Waals surface area contributed by atoms with Gasteiger partial charge < -0.3 is 0 Å². The van der Waals surface area contributed by atoms with Crippen LogP contribution in [0.2, 0.25) is 9.26 Å². The number of hydrogen-bond donors (Lipinski definition) is 0. The molecule has 2 heteroatoms. The predicted octanol–water partition coefficient (Wildman–Crippen LogP) is 5.51. The first-order valence-electron chi connectivity index (χ1n) is 10.4. The summed E-state index contributed by atoms with van der Waals surface area (Å²) in [7, 11) is 0. The summed E-state index contributed by atoms with van der Waals surface area (Å²) in [5.41, 5.74) is 2.80. The van der Waals surface area contributed by atoms with Gasteiger partial charge in [-0.05, 0) is 0 Å². The molecule has 0 saturated carbocycles. The summed E-state index contributed by atoms with van der Waals surface area (Å²) in [6, 6.07) is 22.9. The van der Waals surface area contributed by atoms with E-state index >= 15 is 0 Å². The Morgan fingerprint density at radius 1 is 0.643 bits per heavy atom. The van der Waals surface area contributed by atoms with Crippen LogP contribution in [0, 0.1) is 0 Å². The van der Waals surface area contributed by atoms with Crippen LogP contribution in [0.15, 0.2) is 103 Å². The molecule has 0 amide bonds. The van der Waals surface area contributed by atoms with Gasteiger partial charge in [-0.3, -0.25) is 0 Å². The summed E-state index contributed by atoms with van der Waals surface area (Å²) in [4.78, 5) is 0. The fraction of sp³-hybridized carbons (Fsp3) is 0.231. The second-order valence-corrected chi connectivity index (χ2v) is 56.7. The van der Waals surface area contributed by atoms with Gasteiger partial charge in [0.1, 0.15) is 0 Å². The second kappa shape index (κ2) is 5.35. The molecule has 0 spiro atoms. The van der Waals surface area contributed by atoms with Crippen molar-refractivity contribution in [3.63, 3.8) is 0 Å². The van der Waals surface area contributed by atoms with Crippen LogP contribution in [0.3, 0.4) is 0 Å². The molecule has 28 heavy (non-hydrogen) atoms. The molecule has 0 aliphatic heterocycles. The quantitative estimate of drug-likeness (QED) is 0.524. The molecule has 0 unspecified atom stereocenters. The molecule has 0 saturated heterocycles. The van der Waals surface area contributed by atoms with Crippen LogP contribution in [0.1, 0.15) is 26.7 Å². The number of hydrogen-bond acceptors (Lipinski definition) is 0. The van der Waals surface area contributed by atoms with Crippen molar-refractivity contribution in [2.75, 3.05) is 0 Å². The number of benzene rings is 2. The zero-order valence-corrected chi connectivity index (χ0v) is 21.6. The van der Waals surface area contributed by atoms with Gasteiger partial charge in [0.2, 0.25) is 0 Å². The molecular weight excluding hydrogens is 432 g/mol. The molecule has 144 valence electrons. The molecule has 0 radical (unpaired) electrons. The monoisotopic (exact) mass is 462 g/mol. The van der Waals surface area contributed by atoms with E-state index < -0.39 is 14.4 Å². The Bertz CT molecular complexity index is 1130. The first-order chi connectivity index (χ1) is 13.1. The van der Waals surface area contributed by atoms with E-state index in [0.717, 1.165) is 12.8 Å². The molecule has 2 aromatic carbocycles. The average Bonchev–Trinajstić information content (AvgIpc) is 3.34. The summed E-state index contributed by atoms with van der Waals surface area (Å²) in [5, 5.41) is 0. The van der Waals surface area contributed by atoms with Gasteiger partial charge in [0, 0.05) is 0 Å². The van der Waals surface area contributed by atoms with Crippen LogP contribution in [-0.2, 0) is 14.4 Å². The third-order valence-corrected chi connectivity index (χ3v) is 47.5. The molecule has 0 heterocycles. The molecule has 2 aliphatic rings. The van der Waals surface area contributed by atoms with Gasteiger partial charge in [0.05, 0.1) is 0 Å². The second-order valence-electron chi connectivity index (χ2n) is 11.0. The Balaban J connectivity index is 2.34. The van der Waals surface area contributed by atoms with Crippen molar-refractivity contribution in [2.24, 2.45) is 0 Å². The van der Waals surface area contributed by atoms with E-state index in [4.69, 9.17) is 0 Å². The maximum atomic E-state index is 2.69. The van der Waals surface area contributed by atoms with E-state index in [9.17, 15) is 0 Å².